The molecule has 4 heteroatoms. The molecule has 0 amide bonds. The third-order valence-corrected chi connectivity index (χ3v) is 2.38. The lowest BCUT2D eigenvalue weighted by atomic mass is 10.2. The van der Waals surface area contributed by atoms with E-state index < -0.39 is 0 Å². The molecule has 0 N–H and O–H groups in total. The molecular weight excluding hydrogens is 205 g/mol. The molecule has 0 aliphatic heterocycles. The highest BCUT2D eigenvalue weighted by Crippen LogP contribution is 2.17. The molecule has 0 unspecified atom stereocenters. The van der Waals surface area contributed by atoms with Gasteiger partial charge in [-0.05, 0) is 30.7 Å². The van der Waals surface area contributed by atoms with E-state index in [-0.39, 0.29) is 5.82 Å². The summed E-state index contributed by atoms with van der Waals surface area (Å²) in [6.45, 7) is 2.09. The molecule has 1 heterocycles. The average Bonchev–Trinajstić information content (AvgIpc) is 2.61. The summed E-state index contributed by atoms with van der Waals surface area (Å²) in [7, 11) is 1.85. The van der Waals surface area contributed by atoms with Crippen LogP contribution in [0.3, 0.4) is 0 Å². The van der Waals surface area contributed by atoms with Crippen LogP contribution >= 0.6 is 0 Å². The van der Waals surface area contributed by atoms with Crippen LogP contribution in [0, 0.1) is 5.82 Å². The molecule has 0 saturated heterocycles. The fraction of sp³-hybridized carbons (Fsp3) is 0.333. The fourth-order valence-electron chi connectivity index (χ4n) is 1.62. The van der Waals surface area contributed by atoms with E-state index >= 15 is 0 Å². The first kappa shape index (κ1) is 10.8. The van der Waals surface area contributed by atoms with Crippen LogP contribution in [0.15, 0.2) is 24.3 Å². The van der Waals surface area contributed by atoms with E-state index in [0.717, 1.165) is 30.1 Å². The number of rotatable bonds is 3. The van der Waals surface area contributed by atoms with E-state index in [1.807, 2.05) is 7.05 Å². The van der Waals surface area contributed by atoms with Crippen LogP contribution in [0.1, 0.15) is 19.2 Å². The Morgan fingerprint density at radius 3 is 2.56 bits per heavy atom. The monoisotopic (exact) mass is 219 g/mol. The summed E-state index contributed by atoms with van der Waals surface area (Å²) >= 11 is 0. The third kappa shape index (κ3) is 2.10. The van der Waals surface area contributed by atoms with Gasteiger partial charge in [0.25, 0.3) is 0 Å². The zero-order chi connectivity index (χ0) is 11.5. The largest absolute Gasteiger partial charge is 0.249 e. The number of aryl methyl sites for hydroxylation is 2. The van der Waals surface area contributed by atoms with Gasteiger partial charge in [0.15, 0.2) is 11.6 Å². The van der Waals surface area contributed by atoms with E-state index in [4.69, 9.17) is 0 Å². The first-order valence-corrected chi connectivity index (χ1v) is 5.36. The summed E-state index contributed by atoms with van der Waals surface area (Å²) in [5.74, 6) is 1.38. The highest BCUT2D eigenvalue weighted by molar-refractivity contribution is 5.54. The average molecular weight is 219 g/mol. The maximum Gasteiger partial charge on any atom is 0.158 e. The molecule has 16 heavy (non-hydrogen) atoms. The molecule has 2 aromatic rings. The lowest BCUT2D eigenvalue weighted by Crippen LogP contribution is -1.94. The number of aromatic nitrogens is 3. The van der Waals surface area contributed by atoms with Gasteiger partial charge in [0.2, 0.25) is 0 Å². The molecule has 1 aromatic heterocycles. The summed E-state index contributed by atoms with van der Waals surface area (Å²) in [4.78, 5) is 4.43. The Bertz CT molecular complexity index is 474. The Kier molecular flexibility index (Phi) is 2.99. The number of halogens is 1. The molecule has 84 valence electrons. The van der Waals surface area contributed by atoms with Gasteiger partial charge in [0.05, 0.1) is 0 Å². The Morgan fingerprint density at radius 2 is 1.94 bits per heavy atom. The van der Waals surface area contributed by atoms with Crippen molar-refractivity contribution >= 4 is 0 Å². The minimum atomic E-state index is -0.236. The normalized spacial score (nSPS) is 10.7. The Balaban J connectivity index is 2.36. The van der Waals surface area contributed by atoms with Crippen LogP contribution in [0.2, 0.25) is 0 Å². The Hall–Kier alpha value is -1.71. The van der Waals surface area contributed by atoms with Gasteiger partial charge in [-0.25, -0.2) is 14.1 Å². The second kappa shape index (κ2) is 4.43. The molecule has 1 aromatic carbocycles. The highest BCUT2D eigenvalue weighted by atomic mass is 19.1. The number of nitrogens with zero attached hydrogens (tertiary/aromatic N) is 3. The molecule has 0 spiro atoms. The summed E-state index contributed by atoms with van der Waals surface area (Å²) in [6, 6.07) is 6.30. The molecular formula is C12H14FN3. The van der Waals surface area contributed by atoms with Crippen molar-refractivity contribution in [2.75, 3.05) is 0 Å². The molecule has 2 rings (SSSR count). The van der Waals surface area contributed by atoms with Crippen LogP contribution in [-0.4, -0.2) is 14.8 Å². The number of hydrogen-bond acceptors (Lipinski definition) is 2. The molecule has 0 bridgehead atoms. The maximum atomic E-state index is 12.8. The standard InChI is InChI=1S/C12H14FN3/c1-3-4-11-14-12(16(2)15-11)9-5-7-10(13)8-6-9/h5-8H,3-4H2,1-2H3. The molecule has 3 nitrogen and oxygen atoms in total. The third-order valence-electron chi connectivity index (χ3n) is 2.38. The van der Waals surface area contributed by atoms with Gasteiger partial charge in [-0.3, -0.25) is 0 Å². The van der Waals surface area contributed by atoms with E-state index in [2.05, 4.69) is 17.0 Å². The molecule has 0 saturated carbocycles. The molecule has 0 radical (unpaired) electrons. The van der Waals surface area contributed by atoms with Gasteiger partial charge in [-0.2, -0.15) is 5.10 Å². The SMILES string of the molecule is CCCc1nc(-c2ccc(F)cc2)n(C)n1. The van der Waals surface area contributed by atoms with E-state index in [1.165, 1.54) is 12.1 Å². The van der Waals surface area contributed by atoms with Crippen LogP contribution in [0.25, 0.3) is 11.4 Å². The molecule has 0 aliphatic carbocycles. The summed E-state index contributed by atoms with van der Waals surface area (Å²) in [5, 5.41) is 4.31. The van der Waals surface area contributed by atoms with Crippen molar-refractivity contribution in [3.8, 4) is 11.4 Å². The second-order valence-electron chi connectivity index (χ2n) is 3.73. The van der Waals surface area contributed by atoms with E-state index in [1.54, 1.807) is 16.8 Å². The highest BCUT2D eigenvalue weighted by Gasteiger charge is 2.08. The first-order chi connectivity index (χ1) is 7.70. The molecule has 0 aliphatic rings. The van der Waals surface area contributed by atoms with Gasteiger partial charge in [0, 0.05) is 19.0 Å². The lowest BCUT2D eigenvalue weighted by Gasteiger charge is -1.98. The van der Waals surface area contributed by atoms with Crippen molar-refractivity contribution in [3.05, 3.63) is 35.9 Å². The van der Waals surface area contributed by atoms with E-state index in [9.17, 15) is 4.39 Å². The van der Waals surface area contributed by atoms with Crippen molar-refractivity contribution in [1.29, 1.82) is 0 Å². The predicted octanol–water partition coefficient (Wildman–Crippen LogP) is 2.57. The van der Waals surface area contributed by atoms with Gasteiger partial charge < -0.3 is 0 Å². The zero-order valence-electron chi connectivity index (χ0n) is 9.44. The van der Waals surface area contributed by atoms with Crippen molar-refractivity contribution < 1.29 is 4.39 Å². The lowest BCUT2D eigenvalue weighted by molar-refractivity contribution is 0.628. The smallest absolute Gasteiger partial charge is 0.158 e. The minimum absolute atomic E-state index is 0.236. The summed E-state index contributed by atoms with van der Waals surface area (Å²) < 4.78 is 14.5. The van der Waals surface area contributed by atoms with Crippen molar-refractivity contribution in [2.45, 2.75) is 19.8 Å². The van der Waals surface area contributed by atoms with Crippen molar-refractivity contribution in [2.24, 2.45) is 7.05 Å². The van der Waals surface area contributed by atoms with Gasteiger partial charge >= 0.3 is 0 Å². The van der Waals surface area contributed by atoms with Gasteiger partial charge in [0.1, 0.15) is 5.82 Å². The van der Waals surface area contributed by atoms with E-state index in [0.29, 0.717) is 0 Å². The summed E-state index contributed by atoms with van der Waals surface area (Å²) in [5.41, 5.74) is 0.888. The fourth-order valence-corrected chi connectivity index (χ4v) is 1.62. The second-order valence-corrected chi connectivity index (χ2v) is 3.73. The predicted molar refractivity (Wildman–Crippen MR) is 60.4 cm³/mol. The Labute approximate surface area is 93.9 Å². The number of hydrogen-bond donors (Lipinski definition) is 0. The maximum absolute atomic E-state index is 12.8. The minimum Gasteiger partial charge on any atom is -0.249 e. The molecule has 0 atom stereocenters. The van der Waals surface area contributed by atoms with Gasteiger partial charge in [-0.1, -0.05) is 6.92 Å². The first-order valence-electron chi connectivity index (χ1n) is 5.36. The zero-order valence-corrected chi connectivity index (χ0v) is 9.44. The van der Waals surface area contributed by atoms with Crippen LogP contribution in [0.5, 0.6) is 0 Å². The Morgan fingerprint density at radius 1 is 1.25 bits per heavy atom. The van der Waals surface area contributed by atoms with Crippen LogP contribution in [0.4, 0.5) is 4.39 Å². The quantitative estimate of drug-likeness (QED) is 0.794. The summed E-state index contributed by atoms with van der Waals surface area (Å²) in [6.07, 6.45) is 1.89. The van der Waals surface area contributed by atoms with Crippen molar-refractivity contribution in [1.82, 2.24) is 14.8 Å². The molecule has 0 fully saturated rings. The number of benzene rings is 1. The van der Waals surface area contributed by atoms with Gasteiger partial charge in [-0.15, -0.1) is 0 Å². The topological polar surface area (TPSA) is 30.7 Å². The van der Waals surface area contributed by atoms with Crippen LogP contribution in [-0.2, 0) is 13.5 Å². The van der Waals surface area contributed by atoms with Crippen LogP contribution < -0.4 is 0 Å². The van der Waals surface area contributed by atoms with Crippen molar-refractivity contribution in [3.63, 3.8) is 0 Å².